The summed E-state index contributed by atoms with van der Waals surface area (Å²) in [6.07, 6.45) is 1.13. The second-order valence-corrected chi connectivity index (χ2v) is 6.68. The first-order valence-electron chi connectivity index (χ1n) is 7.65. The quantitative estimate of drug-likeness (QED) is 0.693. The van der Waals surface area contributed by atoms with Gasteiger partial charge in [-0.15, -0.1) is 11.3 Å². The first-order chi connectivity index (χ1) is 10.8. The lowest BCUT2D eigenvalue weighted by Crippen LogP contribution is -2.28. The van der Waals surface area contributed by atoms with Crippen LogP contribution in [0.5, 0.6) is 0 Å². The molecule has 1 atom stereocenters. The third-order valence-electron chi connectivity index (χ3n) is 4.25. The smallest absolute Gasteiger partial charge is 0.123 e. The maximum atomic E-state index is 4.83. The average Bonchev–Trinajstić information content (AvgIpc) is 3.14. The molecular formula is C19H18N2S. The van der Waals surface area contributed by atoms with Crippen molar-refractivity contribution in [3.8, 4) is 10.6 Å². The summed E-state index contributed by atoms with van der Waals surface area (Å²) >= 11 is 1.73. The Balaban J connectivity index is 1.59. The predicted octanol–water partition coefficient (Wildman–Crippen LogP) is 4.76. The summed E-state index contributed by atoms with van der Waals surface area (Å²) in [5.41, 5.74) is 5.18. The Morgan fingerprint density at radius 3 is 2.73 bits per heavy atom. The number of hydrogen-bond donors (Lipinski definition) is 0. The van der Waals surface area contributed by atoms with Crippen molar-refractivity contribution in [3.05, 3.63) is 71.2 Å². The molecule has 0 fully saturated rings. The first-order valence-corrected chi connectivity index (χ1v) is 8.53. The molecule has 3 heteroatoms. The molecule has 0 N–H and O–H groups in total. The van der Waals surface area contributed by atoms with Gasteiger partial charge in [0.1, 0.15) is 5.01 Å². The highest BCUT2D eigenvalue weighted by Crippen LogP contribution is 2.33. The maximum absolute atomic E-state index is 4.83. The SMILES string of the molecule is CC1Cc2ccccc2N1Cc1csc(-c2ccccc2)n1. The molecule has 0 aliphatic carbocycles. The minimum atomic E-state index is 0.541. The largest absolute Gasteiger partial charge is 0.362 e. The van der Waals surface area contributed by atoms with Gasteiger partial charge in [0, 0.05) is 22.7 Å². The van der Waals surface area contributed by atoms with Crippen molar-refractivity contribution in [2.45, 2.75) is 25.9 Å². The molecule has 2 heterocycles. The van der Waals surface area contributed by atoms with Crippen LogP contribution in [-0.2, 0) is 13.0 Å². The Morgan fingerprint density at radius 1 is 1.09 bits per heavy atom. The predicted molar refractivity (Wildman–Crippen MR) is 93.3 cm³/mol. The van der Waals surface area contributed by atoms with Crippen LogP contribution in [0.1, 0.15) is 18.2 Å². The van der Waals surface area contributed by atoms with E-state index in [2.05, 4.69) is 65.7 Å². The molecule has 4 rings (SSSR count). The number of fused-ring (bicyclic) bond motifs is 1. The summed E-state index contributed by atoms with van der Waals surface area (Å²) in [6, 6.07) is 19.7. The van der Waals surface area contributed by atoms with E-state index >= 15 is 0 Å². The van der Waals surface area contributed by atoms with Gasteiger partial charge in [-0.05, 0) is 25.0 Å². The van der Waals surface area contributed by atoms with Crippen LogP contribution in [0.2, 0.25) is 0 Å². The number of para-hydroxylation sites is 1. The van der Waals surface area contributed by atoms with E-state index in [0.29, 0.717) is 6.04 Å². The van der Waals surface area contributed by atoms with Gasteiger partial charge in [0.25, 0.3) is 0 Å². The van der Waals surface area contributed by atoms with Gasteiger partial charge >= 0.3 is 0 Å². The summed E-state index contributed by atoms with van der Waals surface area (Å²) in [5.74, 6) is 0. The highest BCUT2D eigenvalue weighted by Gasteiger charge is 2.25. The normalized spacial score (nSPS) is 16.8. The summed E-state index contributed by atoms with van der Waals surface area (Å²) < 4.78 is 0. The number of anilines is 1. The van der Waals surface area contributed by atoms with Crippen LogP contribution >= 0.6 is 11.3 Å². The van der Waals surface area contributed by atoms with Gasteiger partial charge in [-0.2, -0.15) is 0 Å². The fraction of sp³-hybridized carbons (Fsp3) is 0.211. The Labute approximate surface area is 135 Å². The number of nitrogens with zero attached hydrogens (tertiary/aromatic N) is 2. The third-order valence-corrected chi connectivity index (χ3v) is 5.19. The van der Waals surface area contributed by atoms with Crippen LogP contribution in [0, 0.1) is 0 Å². The molecule has 110 valence electrons. The minimum absolute atomic E-state index is 0.541. The lowest BCUT2D eigenvalue weighted by molar-refractivity contribution is 0.667. The van der Waals surface area contributed by atoms with E-state index < -0.39 is 0 Å². The molecule has 0 radical (unpaired) electrons. The molecule has 0 spiro atoms. The van der Waals surface area contributed by atoms with Crippen LogP contribution in [0.4, 0.5) is 5.69 Å². The van der Waals surface area contributed by atoms with Gasteiger partial charge in [-0.1, -0.05) is 48.5 Å². The fourth-order valence-electron chi connectivity index (χ4n) is 3.14. The molecule has 1 unspecified atom stereocenters. The summed E-state index contributed by atoms with van der Waals surface area (Å²) in [6.45, 7) is 3.19. The van der Waals surface area contributed by atoms with Crippen molar-refractivity contribution in [3.63, 3.8) is 0 Å². The van der Waals surface area contributed by atoms with Gasteiger partial charge in [0.15, 0.2) is 0 Å². The van der Waals surface area contributed by atoms with Crippen molar-refractivity contribution < 1.29 is 0 Å². The fourth-order valence-corrected chi connectivity index (χ4v) is 3.96. The molecule has 3 aromatic rings. The zero-order chi connectivity index (χ0) is 14.9. The average molecular weight is 306 g/mol. The molecule has 2 nitrogen and oxygen atoms in total. The zero-order valence-corrected chi connectivity index (χ0v) is 13.4. The lowest BCUT2D eigenvalue weighted by Gasteiger charge is -2.23. The van der Waals surface area contributed by atoms with Crippen LogP contribution in [0.25, 0.3) is 10.6 Å². The molecular weight excluding hydrogens is 288 g/mol. The van der Waals surface area contributed by atoms with E-state index in [4.69, 9.17) is 4.98 Å². The minimum Gasteiger partial charge on any atom is -0.362 e. The molecule has 0 saturated heterocycles. The van der Waals surface area contributed by atoms with Crippen molar-refractivity contribution in [2.75, 3.05) is 4.90 Å². The zero-order valence-electron chi connectivity index (χ0n) is 12.6. The number of rotatable bonds is 3. The standard InChI is InChI=1S/C19H18N2S/c1-14-11-16-9-5-6-10-18(16)21(14)12-17-13-22-19(20-17)15-7-3-2-4-8-15/h2-10,13-14H,11-12H2,1H3. The van der Waals surface area contributed by atoms with Gasteiger partial charge in [-0.3, -0.25) is 0 Å². The van der Waals surface area contributed by atoms with Gasteiger partial charge in [-0.25, -0.2) is 4.98 Å². The molecule has 0 amide bonds. The number of aromatic nitrogens is 1. The van der Waals surface area contributed by atoms with E-state index in [0.717, 1.165) is 23.7 Å². The van der Waals surface area contributed by atoms with E-state index in [1.54, 1.807) is 11.3 Å². The van der Waals surface area contributed by atoms with E-state index in [9.17, 15) is 0 Å². The van der Waals surface area contributed by atoms with E-state index in [-0.39, 0.29) is 0 Å². The van der Waals surface area contributed by atoms with Crippen molar-refractivity contribution in [1.29, 1.82) is 0 Å². The Kier molecular flexibility index (Phi) is 3.43. The van der Waals surface area contributed by atoms with Gasteiger partial charge in [0.05, 0.1) is 12.2 Å². The second kappa shape index (κ2) is 5.58. The molecule has 2 aromatic carbocycles. The Bertz CT molecular complexity index is 779. The Morgan fingerprint density at radius 2 is 1.86 bits per heavy atom. The first kappa shape index (κ1) is 13.5. The van der Waals surface area contributed by atoms with Crippen molar-refractivity contribution in [1.82, 2.24) is 4.98 Å². The van der Waals surface area contributed by atoms with Crippen LogP contribution in [0.15, 0.2) is 60.0 Å². The lowest BCUT2D eigenvalue weighted by atomic mass is 10.1. The van der Waals surface area contributed by atoms with Gasteiger partial charge in [0.2, 0.25) is 0 Å². The molecule has 1 aromatic heterocycles. The van der Waals surface area contributed by atoms with Crippen LogP contribution in [-0.4, -0.2) is 11.0 Å². The van der Waals surface area contributed by atoms with Crippen LogP contribution < -0.4 is 4.90 Å². The van der Waals surface area contributed by atoms with Crippen molar-refractivity contribution >= 4 is 17.0 Å². The second-order valence-electron chi connectivity index (χ2n) is 5.82. The molecule has 0 saturated carbocycles. The molecule has 1 aliphatic heterocycles. The van der Waals surface area contributed by atoms with Crippen LogP contribution in [0.3, 0.4) is 0 Å². The van der Waals surface area contributed by atoms with E-state index in [1.165, 1.54) is 16.8 Å². The highest BCUT2D eigenvalue weighted by atomic mass is 32.1. The van der Waals surface area contributed by atoms with Gasteiger partial charge < -0.3 is 4.90 Å². The summed E-state index contributed by atoms with van der Waals surface area (Å²) in [5, 5.41) is 3.30. The molecule has 0 bridgehead atoms. The topological polar surface area (TPSA) is 16.1 Å². The molecule has 22 heavy (non-hydrogen) atoms. The molecule has 1 aliphatic rings. The summed E-state index contributed by atoms with van der Waals surface area (Å²) in [4.78, 5) is 7.30. The third kappa shape index (κ3) is 2.42. The maximum Gasteiger partial charge on any atom is 0.123 e. The number of hydrogen-bond acceptors (Lipinski definition) is 3. The van der Waals surface area contributed by atoms with Crippen molar-refractivity contribution in [2.24, 2.45) is 0 Å². The van der Waals surface area contributed by atoms with E-state index in [1.807, 2.05) is 6.07 Å². The monoisotopic (exact) mass is 306 g/mol. The number of benzene rings is 2. The summed E-state index contributed by atoms with van der Waals surface area (Å²) in [7, 11) is 0. The number of thiazole rings is 1. The highest BCUT2D eigenvalue weighted by molar-refractivity contribution is 7.13. The Hall–Kier alpha value is -2.13.